The van der Waals surface area contributed by atoms with E-state index in [0.29, 0.717) is 11.4 Å². The summed E-state index contributed by atoms with van der Waals surface area (Å²) < 4.78 is 10.8. The summed E-state index contributed by atoms with van der Waals surface area (Å²) in [4.78, 5) is 12.1. The summed E-state index contributed by atoms with van der Waals surface area (Å²) in [6.07, 6.45) is 0. The Kier molecular flexibility index (Phi) is 5.04. The summed E-state index contributed by atoms with van der Waals surface area (Å²) in [6.45, 7) is 5.90. The second-order valence-corrected chi connectivity index (χ2v) is 5.31. The number of anilines is 1. The third-order valence-electron chi connectivity index (χ3n) is 3.32. The summed E-state index contributed by atoms with van der Waals surface area (Å²) >= 11 is 0. The molecule has 0 atom stereocenters. The molecular formula is C18H21NO3. The van der Waals surface area contributed by atoms with Crippen molar-refractivity contribution in [3.8, 4) is 11.5 Å². The van der Waals surface area contributed by atoms with Gasteiger partial charge in [0.1, 0.15) is 11.5 Å². The first-order valence-electron chi connectivity index (χ1n) is 7.14. The number of carbonyl (C=O) groups is 1. The predicted molar refractivity (Wildman–Crippen MR) is 87.8 cm³/mol. The van der Waals surface area contributed by atoms with Crippen molar-refractivity contribution >= 4 is 11.6 Å². The van der Waals surface area contributed by atoms with Crippen LogP contribution in [0.4, 0.5) is 5.69 Å². The van der Waals surface area contributed by atoms with E-state index >= 15 is 0 Å². The largest absolute Gasteiger partial charge is 0.495 e. The lowest BCUT2D eigenvalue weighted by atomic mass is 10.1. The quantitative estimate of drug-likeness (QED) is 0.917. The lowest BCUT2D eigenvalue weighted by Gasteiger charge is -2.12. The molecule has 2 aromatic carbocycles. The van der Waals surface area contributed by atoms with Crippen molar-refractivity contribution < 1.29 is 14.3 Å². The van der Waals surface area contributed by atoms with Gasteiger partial charge >= 0.3 is 0 Å². The Morgan fingerprint density at radius 3 is 2.27 bits per heavy atom. The van der Waals surface area contributed by atoms with Gasteiger partial charge in [0.15, 0.2) is 6.61 Å². The van der Waals surface area contributed by atoms with E-state index < -0.39 is 0 Å². The standard InChI is InChI=1S/C18H21NO3/c1-12-5-7-16(14(3)9-12)22-11-18(20)19-15-10-13(2)6-8-17(15)21-4/h5-10H,11H2,1-4H3,(H,19,20). The molecule has 2 aromatic rings. The van der Waals surface area contributed by atoms with Crippen LogP contribution in [0.15, 0.2) is 36.4 Å². The zero-order valence-electron chi connectivity index (χ0n) is 13.4. The number of rotatable bonds is 5. The number of amides is 1. The van der Waals surface area contributed by atoms with Crippen molar-refractivity contribution in [1.82, 2.24) is 0 Å². The van der Waals surface area contributed by atoms with Crippen LogP contribution in [0, 0.1) is 20.8 Å². The number of methoxy groups -OCH3 is 1. The maximum Gasteiger partial charge on any atom is 0.262 e. The van der Waals surface area contributed by atoms with Crippen LogP contribution in [-0.2, 0) is 4.79 Å². The lowest BCUT2D eigenvalue weighted by molar-refractivity contribution is -0.118. The molecule has 1 N–H and O–H groups in total. The predicted octanol–water partition coefficient (Wildman–Crippen LogP) is 3.64. The first-order valence-corrected chi connectivity index (χ1v) is 7.14. The Morgan fingerprint density at radius 1 is 1.00 bits per heavy atom. The topological polar surface area (TPSA) is 47.6 Å². The highest BCUT2D eigenvalue weighted by Gasteiger charge is 2.09. The van der Waals surface area contributed by atoms with E-state index in [1.165, 1.54) is 5.56 Å². The summed E-state index contributed by atoms with van der Waals surface area (Å²) in [7, 11) is 1.58. The van der Waals surface area contributed by atoms with Crippen molar-refractivity contribution in [1.29, 1.82) is 0 Å². The van der Waals surface area contributed by atoms with Crippen molar-refractivity contribution in [3.05, 3.63) is 53.1 Å². The zero-order chi connectivity index (χ0) is 16.1. The Bertz CT molecular complexity index is 680. The molecule has 22 heavy (non-hydrogen) atoms. The highest BCUT2D eigenvalue weighted by molar-refractivity contribution is 5.93. The molecule has 0 aliphatic carbocycles. The normalized spacial score (nSPS) is 10.2. The van der Waals surface area contributed by atoms with E-state index in [1.807, 2.05) is 57.2 Å². The molecule has 0 saturated carbocycles. The monoisotopic (exact) mass is 299 g/mol. The maximum absolute atomic E-state index is 12.1. The van der Waals surface area contributed by atoms with Crippen molar-refractivity contribution in [3.63, 3.8) is 0 Å². The lowest BCUT2D eigenvalue weighted by Crippen LogP contribution is -2.20. The molecule has 0 saturated heterocycles. The number of benzene rings is 2. The Labute approximate surface area is 131 Å². The fraction of sp³-hybridized carbons (Fsp3) is 0.278. The van der Waals surface area contributed by atoms with Gasteiger partial charge in [-0.15, -0.1) is 0 Å². The smallest absolute Gasteiger partial charge is 0.262 e. The van der Waals surface area contributed by atoms with Crippen molar-refractivity contribution in [2.45, 2.75) is 20.8 Å². The molecule has 4 heteroatoms. The van der Waals surface area contributed by atoms with Gasteiger partial charge in [-0.1, -0.05) is 23.8 Å². The Hall–Kier alpha value is -2.49. The third-order valence-corrected chi connectivity index (χ3v) is 3.32. The molecule has 0 fully saturated rings. The summed E-state index contributed by atoms with van der Waals surface area (Å²) in [5, 5.41) is 2.81. The Morgan fingerprint density at radius 2 is 1.64 bits per heavy atom. The van der Waals surface area contributed by atoms with Crippen LogP contribution in [0.2, 0.25) is 0 Å². The van der Waals surface area contributed by atoms with Crippen LogP contribution in [0.5, 0.6) is 11.5 Å². The summed E-state index contributed by atoms with van der Waals surface area (Å²) in [6, 6.07) is 11.5. The average molecular weight is 299 g/mol. The van der Waals surface area contributed by atoms with Crippen LogP contribution >= 0.6 is 0 Å². The van der Waals surface area contributed by atoms with Gasteiger partial charge in [0.05, 0.1) is 12.8 Å². The van der Waals surface area contributed by atoms with E-state index in [9.17, 15) is 4.79 Å². The SMILES string of the molecule is COc1ccc(C)cc1NC(=O)COc1ccc(C)cc1C. The summed E-state index contributed by atoms with van der Waals surface area (Å²) in [5.41, 5.74) is 3.88. The maximum atomic E-state index is 12.1. The second-order valence-electron chi connectivity index (χ2n) is 5.31. The average Bonchev–Trinajstić information content (AvgIpc) is 2.46. The van der Waals surface area contributed by atoms with Gasteiger partial charge in [-0.3, -0.25) is 4.79 Å². The van der Waals surface area contributed by atoms with E-state index in [1.54, 1.807) is 7.11 Å². The second kappa shape index (κ2) is 6.98. The highest BCUT2D eigenvalue weighted by atomic mass is 16.5. The molecule has 0 aliphatic heterocycles. The molecule has 0 heterocycles. The van der Waals surface area contributed by atoms with Crippen molar-refractivity contribution in [2.75, 3.05) is 19.0 Å². The number of hydrogen-bond acceptors (Lipinski definition) is 3. The summed E-state index contributed by atoms with van der Waals surface area (Å²) in [5.74, 6) is 1.13. The molecule has 2 rings (SSSR count). The van der Waals surface area contributed by atoms with Gasteiger partial charge in [-0.25, -0.2) is 0 Å². The third kappa shape index (κ3) is 4.01. The first-order chi connectivity index (χ1) is 10.5. The number of carbonyl (C=O) groups excluding carboxylic acids is 1. The van der Waals surface area contributed by atoms with Crippen LogP contribution in [0.1, 0.15) is 16.7 Å². The molecule has 0 radical (unpaired) electrons. The highest BCUT2D eigenvalue weighted by Crippen LogP contribution is 2.25. The fourth-order valence-corrected chi connectivity index (χ4v) is 2.21. The molecule has 0 bridgehead atoms. The minimum Gasteiger partial charge on any atom is -0.495 e. The first kappa shape index (κ1) is 15.9. The molecule has 0 spiro atoms. The van der Waals surface area contributed by atoms with Crippen LogP contribution < -0.4 is 14.8 Å². The van der Waals surface area contributed by atoms with Gasteiger partial charge in [0.25, 0.3) is 5.91 Å². The van der Waals surface area contributed by atoms with E-state index in [4.69, 9.17) is 9.47 Å². The van der Waals surface area contributed by atoms with Crippen LogP contribution in [-0.4, -0.2) is 19.6 Å². The Balaban J connectivity index is 2.00. The van der Waals surface area contributed by atoms with Crippen LogP contribution in [0.3, 0.4) is 0 Å². The number of aryl methyl sites for hydroxylation is 3. The van der Waals surface area contributed by atoms with Crippen molar-refractivity contribution in [2.24, 2.45) is 0 Å². The molecular weight excluding hydrogens is 278 g/mol. The number of nitrogens with one attached hydrogen (secondary N) is 1. The van der Waals surface area contributed by atoms with Gasteiger partial charge in [0, 0.05) is 0 Å². The zero-order valence-corrected chi connectivity index (χ0v) is 13.4. The van der Waals surface area contributed by atoms with Gasteiger partial charge in [-0.05, 0) is 50.1 Å². The molecule has 0 aromatic heterocycles. The van der Waals surface area contributed by atoms with E-state index in [2.05, 4.69) is 5.32 Å². The molecule has 116 valence electrons. The van der Waals surface area contributed by atoms with Gasteiger partial charge in [-0.2, -0.15) is 0 Å². The van der Waals surface area contributed by atoms with Crippen LogP contribution in [0.25, 0.3) is 0 Å². The molecule has 1 amide bonds. The number of hydrogen-bond donors (Lipinski definition) is 1. The minimum atomic E-state index is -0.219. The van der Waals surface area contributed by atoms with E-state index in [0.717, 1.165) is 16.9 Å². The van der Waals surface area contributed by atoms with Gasteiger partial charge in [0.2, 0.25) is 0 Å². The molecule has 0 aliphatic rings. The fourth-order valence-electron chi connectivity index (χ4n) is 2.21. The molecule has 4 nitrogen and oxygen atoms in total. The number of ether oxygens (including phenoxy) is 2. The minimum absolute atomic E-state index is 0.0407. The van der Waals surface area contributed by atoms with E-state index in [-0.39, 0.29) is 12.5 Å². The molecule has 0 unspecified atom stereocenters. The van der Waals surface area contributed by atoms with Gasteiger partial charge < -0.3 is 14.8 Å².